The number of hydrogen-bond donors (Lipinski definition) is 4. The molecular weight excluding hydrogens is 400 g/mol. The minimum absolute atomic E-state index is 0.00893. The highest BCUT2D eigenvalue weighted by Crippen LogP contribution is 2.31. The zero-order chi connectivity index (χ0) is 20.5. The molecule has 0 spiro atoms. The molecule has 2 aliphatic rings. The summed E-state index contributed by atoms with van der Waals surface area (Å²) in [6.07, 6.45) is 8.59. The maximum absolute atomic E-state index is 12.1. The van der Waals surface area contributed by atoms with Gasteiger partial charge in [0.25, 0.3) is 0 Å². The number of nitrogens with one attached hydrogen (secondary N) is 4. The normalized spacial score (nSPS) is 23.7. The first kappa shape index (κ1) is 19.3. The summed E-state index contributed by atoms with van der Waals surface area (Å²) in [5, 5.41) is 11.4. The van der Waals surface area contributed by atoms with Crippen LogP contribution >= 0.6 is 11.6 Å². The molecule has 1 saturated carbocycles. The lowest BCUT2D eigenvalue weighted by Gasteiger charge is -2.33. The summed E-state index contributed by atoms with van der Waals surface area (Å²) in [6.45, 7) is 0.943. The molecule has 30 heavy (non-hydrogen) atoms. The number of hydrogen-bond acceptors (Lipinski definition) is 5. The molecule has 3 aromatic heterocycles. The highest BCUT2D eigenvalue weighted by Gasteiger charge is 2.28. The standard InChI is InChI=1S/C22H25ClN6O/c23-19-10-13(17-12-26-21-16(17)2-1-8-25-21)11-20(29-19)27-14-3-5-15(6-4-14)28-22(30)18-7-9-24-18/h1-2,8,10-12,14-15,18,24H,3-7,9H2,(H,25,26)(H,27,29)(H,28,30)/t14?,15?,18-/m0/s1. The van der Waals surface area contributed by atoms with Crippen molar-refractivity contribution in [2.75, 3.05) is 11.9 Å². The number of amides is 1. The fourth-order valence-electron chi connectivity index (χ4n) is 4.33. The van der Waals surface area contributed by atoms with Crippen LogP contribution in [0.1, 0.15) is 32.1 Å². The second-order valence-electron chi connectivity index (χ2n) is 8.16. The Morgan fingerprint density at radius 1 is 1.13 bits per heavy atom. The van der Waals surface area contributed by atoms with Crippen molar-refractivity contribution >= 4 is 34.4 Å². The molecule has 4 N–H and O–H groups in total. The zero-order valence-electron chi connectivity index (χ0n) is 16.6. The molecule has 0 radical (unpaired) electrons. The lowest BCUT2D eigenvalue weighted by Crippen LogP contribution is -2.55. The number of aromatic amines is 1. The molecule has 0 bridgehead atoms. The van der Waals surface area contributed by atoms with Gasteiger partial charge in [-0.05, 0) is 68.5 Å². The number of fused-ring (bicyclic) bond motifs is 1. The molecule has 2 fully saturated rings. The maximum Gasteiger partial charge on any atom is 0.237 e. The molecule has 1 atom stereocenters. The summed E-state index contributed by atoms with van der Waals surface area (Å²) in [4.78, 5) is 24.2. The van der Waals surface area contributed by atoms with Crippen LogP contribution in [0.15, 0.2) is 36.7 Å². The van der Waals surface area contributed by atoms with Crippen molar-refractivity contribution in [3.8, 4) is 11.1 Å². The number of anilines is 1. The van der Waals surface area contributed by atoms with Crippen LogP contribution in [0.5, 0.6) is 0 Å². The molecule has 7 nitrogen and oxygen atoms in total. The number of aromatic nitrogens is 3. The Bertz CT molecular complexity index is 1050. The highest BCUT2D eigenvalue weighted by molar-refractivity contribution is 6.29. The van der Waals surface area contributed by atoms with Gasteiger partial charge in [0.05, 0.1) is 6.04 Å². The zero-order valence-corrected chi connectivity index (χ0v) is 17.4. The van der Waals surface area contributed by atoms with Gasteiger partial charge in [-0.15, -0.1) is 0 Å². The number of rotatable bonds is 5. The monoisotopic (exact) mass is 424 g/mol. The van der Waals surface area contributed by atoms with Gasteiger partial charge in [-0.2, -0.15) is 0 Å². The molecule has 8 heteroatoms. The second kappa shape index (κ2) is 8.24. The van der Waals surface area contributed by atoms with Crippen molar-refractivity contribution in [2.24, 2.45) is 0 Å². The predicted molar refractivity (Wildman–Crippen MR) is 119 cm³/mol. The smallest absolute Gasteiger partial charge is 0.237 e. The van der Waals surface area contributed by atoms with E-state index in [0.29, 0.717) is 11.2 Å². The van der Waals surface area contributed by atoms with Crippen molar-refractivity contribution in [3.63, 3.8) is 0 Å². The van der Waals surface area contributed by atoms with Gasteiger partial charge in [0, 0.05) is 35.4 Å². The van der Waals surface area contributed by atoms with Crippen LogP contribution < -0.4 is 16.0 Å². The number of carbonyl (C=O) groups is 1. The minimum Gasteiger partial charge on any atom is -0.367 e. The summed E-state index contributed by atoms with van der Waals surface area (Å²) >= 11 is 6.33. The van der Waals surface area contributed by atoms with Crippen molar-refractivity contribution in [1.29, 1.82) is 0 Å². The summed E-state index contributed by atoms with van der Waals surface area (Å²) in [7, 11) is 0. The Balaban J connectivity index is 1.24. The van der Waals surface area contributed by atoms with Gasteiger partial charge in [0.15, 0.2) is 0 Å². The number of halogens is 1. The Kier molecular flexibility index (Phi) is 5.31. The third kappa shape index (κ3) is 4.00. The van der Waals surface area contributed by atoms with Crippen LogP contribution in [0.3, 0.4) is 0 Å². The van der Waals surface area contributed by atoms with E-state index in [4.69, 9.17) is 11.6 Å². The molecule has 0 unspecified atom stereocenters. The van der Waals surface area contributed by atoms with E-state index in [1.54, 1.807) is 6.20 Å². The third-order valence-corrected chi connectivity index (χ3v) is 6.32. The first-order valence-electron chi connectivity index (χ1n) is 10.6. The average molecular weight is 425 g/mol. The van der Waals surface area contributed by atoms with Gasteiger partial charge in [-0.1, -0.05) is 11.6 Å². The van der Waals surface area contributed by atoms with Crippen LogP contribution in [0.25, 0.3) is 22.2 Å². The average Bonchev–Trinajstić information content (AvgIpc) is 3.12. The van der Waals surface area contributed by atoms with E-state index in [2.05, 4.69) is 30.9 Å². The van der Waals surface area contributed by atoms with Gasteiger partial charge >= 0.3 is 0 Å². The largest absolute Gasteiger partial charge is 0.367 e. The van der Waals surface area contributed by atoms with E-state index < -0.39 is 0 Å². The van der Waals surface area contributed by atoms with E-state index in [-0.39, 0.29) is 18.0 Å². The van der Waals surface area contributed by atoms with Gasteiger partial charge in [-0.3, -0.25) is 4.79 Å². The van der Waals surface area contributed by atoms with E-state index >= 15 is 0 Å². The van der Waals surface area contributed by atoms with E-state index in [1.165, 1.54) is 0 Å². The second-order valence-corrected chi connectivity index (χ2v) is 8.55. The van der Waals surface area contributed by atoms with Crippen LogP contribution in [0.4, 0.5) is 5.82 Å². The molecule has 156 valence electrons. The quantitative estimate of drug-likeness (QED) is 0.470. The fourth-order valence-corrected chi connectivity index (χ4v) is 4.54. The van der Waals surface area contributed by atoms with Crippen molar-refractivity contribution < 1.29 is 4.79 Å². The number of carbonyl (C=O) groups excluding carboxylic acids is 1. The first-order valence-corrected chi connectivity index (χ1v) is 10.9. The van der Waals surface area contributed by atoms with E-state index in [1.807, 2.05) is 30.5 Å². The van der Waals surface area contributed by atoms with Gasteiger partial charge < -0.3 is 20.9 Å². The molecular formula is C22H25ClN6O. The number of pyridine rings is 2. The summed E-state index contributed by atoms with van der Waals surface area (Å²) in [5.74, 6) is 0.925. The molecule has 5 rings (SSSR count). The van der Waals surface area contributed by atoms with Crippen LogP contribution in [-0.4, -0.2) is 45.5 Å². The molecule has 4 heterocycles. The van der Waals surface area contributed by atoms with Crippen LogP contribution in [0, 0.1) is 0 Å². The Morgan fingerprint density at radius 2 is 1.93 bits per heavy atom. The summed E-state index contributed by atoms with van der Waals surface area (Å²) in [5.41, 5.74) is 2.92. The highest BCUT2D eigenvalue weighted by atomic mass is 35.5. The minimum atomic E-state index is 0.00893. The molecule has 0 aromatic carbocycles. The van der Waals surface area contributed by atoms with Crippen LogP contribution in [0.2, 0.25) is 5.15 Å². The van der Waals surface area contributed by atoms with Crippen molar-refractivity contribution in [3.05, 3.63) is 41.8 Å². The maximum atomic E-state index is 12.1. The van der Waals surface area contributed by atoms with Crippen molar-refractivity contribution in [1.82, 2.24) is 25.6 Å². The topological polar surface area (TPSA) is 94.7 Å². The molecule has 1 aliphatic heterocycles. The predicted octanol–water partition coefficient (Wildman–Crippen LogP) is 3.48. The van der Waals surface area contributed by atoms with Crippen molar-refractivity contribution in [2.45, 2.75) is 50.2 Å². The molecule has 1 aliphatic carbocycles. The van der Waals surface area contributed by atoms with E-state index in [9.17, 15) is 4.79 Å². The lowest BCUT2D eigenvalue weighted by atomic mass is 9.90. The third-order valence-electron chi connectivity index (χ3n) is 6.12. The van der Waals surface area contributed by atoms with Gasteiger partial charge in [0.1, 0.15) is 16.6 Å². The van der Waals surface area contributed by atoms with E-state index in [0.717, 1.165) is 66.6 Å². The molecule has 3 aromatic rings. The van der Waals surface area contributed by atoms with Crippen LogP contribution in [-0.2, 0) is 4.79 Å². The molecule has 1 saturated heterocycles. The Hall–Kier alpha value is -2.64. The Labute approximate surface area is 180 Å². The van der Waals surface area contributed by atoms with Gasteiger partial charge in [-0.25, -0.2) is 9.97 Å². The molecule has 1 amide bonds. The fraction of sp³-hybridized carbons (Fsp3) is 0.409. The summed E-state index contributed by atoms with van der Waals surface area (Å²) in [6, 6.07) is 8.49. The SMILES string of the molecule is O=C(NC1CCC(Nc2cc(-c3c[nH]c4ncccc34)cc(Cl)n2)CC1)[C@@H]1CCN1. The number of nitrogens with zero attached hydrogens (tertiary/aromatic N) is 2. The van der Waals surface area contributed by atoms with Gasteiger partial charge in [0.2, 0.25) is 5.91 Å². The summed E-state index contributed by atoms with van der Waals surface area (Å²) < 4.78 is 0. The Morgan fingerprint density at radius 3 is 2.70 bits per heavy atom. The first-order chi connectivity index (χ1) is 14.7. The number of H-pyrrole nitrogens is 1. The lowest BCUT2D eigenvalue weighted by molar-refractivity contribution is -0.125.